The molecule has 0 radical (unpaired) electrons. The molecular formula is C16H8F4N6O3. The van der Waals surface area contributed by atoms with E-state index in [1.54, 1.807) is 0 Å². The van der Waals surface area contributed by atoms with Crippen LogP contribution < -0.4 is 0 Å². The molecule has 148 valence electrons. The van der Waals surface area contributed by atoms with E-state index < -0.39 is 29.2 Å². The molecule has 0 aliphatic rings. The summed E-state index contributed by atoms with van der Waals surface area (Å²) in [4.78, 5) is 17.8. The number of nitro benzene ring substituents is 1. The summed E-state index contributed by atoms with van der Waals surface area (Å²) in [6.45, 7) is 0. The first-order valence-electron chi connectivity index (χ1n) is 7.89. The Hall–Kier alpha value is -3.90. The van der Waals surface area contributed by atoms with Gasteiger partial charge in [-0.05, 0) is 18.2 Å². The predicted octanol–water partition coefficient (Wildman–Crippen LogP) is 4.23. The fourth-order valence-electron chi connectivity index (χ4n) is 2.57. The van der Waals surface area contributed by atoms with Crippen molar-refractivity contribution in [2.75, 3.05) is 0 Å². The number of hydrogen-bond donors (Lipinski definition) is 0. The first-order valence-corrected chi connectivity index (χ1v) is 7.89. The fraction of sp³-hybridized carbons (Fsp3) is 0.125. The average Bonchev–Trinajstić information content (AvgIpc) is 3.33. The number of hydrogen-bond acceptors (Lipinski definition) is 7. The molecule has 1 aromatic carbocycles. The monoisotopic (exact) mass is 408 g/mol. The maximum absolute atomic E-state index is 13.2. The van der Waals surface area contributed by atoms with Crippen molar-refractivity contribution >= 4 is 11.3 Å². The van der Waals surface area contributed by atoms with E-state index in [2.05, 4.69) is 20.2 Å². The molecule has 0 aliphatic heterocycles. The molecule has 9 nitrogen and oxygen atoms in total. The fourth-order valence-corrected chi connectivity index (χ4v) is 2.57. The molecule has 13 heteroatoms. The van der Waals surface area contributed by atoms with Gasteiger partial charge in [0, 0.05) is 23.8 Å². The Morgan fingerprint density at radius 3 is 2.38 bits per heavy atom. The number of non-ortho nitro benzene ring substituents is 1. The predicted molar refractivity (Wildman–Crippen MR) is 88.3 cm³/mol. The van der Waals surface area contributed by atoms with Gasteiger partial charge in [0.05, 0.1) is 4.92 Å². The third-order valence-corrected chi connectivity index (χ3v) is 3.90. The van der Waals surface area contributed by atoms with Crippen molar-refractivity contribution in [3.8, 4) is 23.0 Å². The number of alkyl halides is 4. The van der Waals surface area contributed by atoms with Crippen molar-refractivity contribution in [1.29, 1.82) is 0 Å². The molecule has 0 aliphatic carbocycles. The van der Waals surface area contributed by atoms with Gasteiger partial charge >= 0.3 is 0 Å². The topological polar surface area (TPSA) is 112 Å². The molecule has 0 saturated heterocycles. The van der Waals surface area contributed by atoms with Gasteiger partial charge in [-0.3, -0.25) is 10.1 Å². The van der Waals surface area contributed by atoms with Crippen LogP contribution in [0.5, 0.6) is 0 Å². The largest absolute Gasteiger partial charge is 0.332 e. The van der Waals surface area contributed by atoms with E-state index in [0.717, 1.165) is 10.6 Å². The van der Waals surface area contributed by atoms with Crippen molar-refractivity contribution in [2.45, 2.75) is 12.9 Å². The molecular weight excluding hydrogens is 400 g/mol. The Morgan fingerprint density at radius 1 is 1.03 bits per heavy atom. The highest BCUT2D eigenvalue weighted by Crippen LogP contribution is 2.28. The van der Waals surface area contributed by atoms with Crippen LogP contribution in [-0.4, -0.2) is 29.7 Å². The number of nitro groups is 1. The molecule has 29 heavy (non-hydrogen) atoms. The van der Waals surface area contributed by atoms with E-state index >= 15 is 0 Å². The van der Waals surface area contributed by atoms with Crippen LogP contribution in [0.3, 0.4) is 0 Å². The van der Waals surface area contributed by atoms with Gasteiger partial charge in [0.25, 0.3) is 24.4 Å². The lowest BCUT2D eigenvalue weighted by Gasteiger charge is -2.06. The third kappa shape index (κ3) is 3.37. The SMILES string of the molecule is O=[N+]([O-])c1ccc(-c2noc(-c3cc4nc(C(F)F)cc(C(F)F)n4n3)n2)cc1. The lowest BCUT2D eigenvalue weighted by molar-refractivity contribution is -0.384. The molecule has 0 bridgehead atoms. The smallest absolute Gasteiger partial charge is 0.280 e. The molecule has 4 aromatic rings. The van der Waals surface area contributed by atoms with Crippen LogP contribution in [-0.2, 0) is 0 Å². The molecule has 3 aromatic heterocycles. The normalized spacial score (nSPS) is 11.7. The van der Waals surface area contributed by atoms with Crippen LogP contribution in [0, 0.1) is 10.1 Å². The standard InChI is InChI=1S/C16H8F4N6O3/c17-13(18)9-5-11(14(19)20)25-12(21-9)6-10(23-25)16-22-15(24-29-16)7-1-3-8(4-2-7)26(27)28/h1-6,13-14H. The van der Waals surface area contributed by atoms with E-state index in [1.165, 1.54) is 24.3 Å². The quantitative estimate of drug-likeness (QED) is 0.276. The molecule has 0 fully saturated rings. The minimum atomic E-state index is -3.07. The van der Waals surface area contributed by atoms with Gasteiger partial charge in [-0.25, -0.2) is 27.1 Å². The minimum absolute atomic E-state index is 0.0496. The minimum Gasteiger partial charge on any atom is -0.332 e. The summed E-state index contributed by atoms with van der Waals surface area (Å²) in [6, 6.07) is 7.05. The van der Waals surface area contributed by atoms with Crippen LogP contribution in [0.2, 0.25) is 0 Å². The summed E-state index contributed by atoms with van der Waals surface area (Å²) >= 11 is 0. The lowest BCUT2D eigenvalue weighted by atomic mass is 10.2. The maximum Gasteiger partial charge on any atom is 0.280 e. The second-order valence-electron chi connectivity index (χ2n) is 5.73. The van der Waals surface area contributed by atoms with Gasteiger partial charge in [0.15, 0.2) is 11.3 Å². The summed E-state index contributed by atoms with van der Waals surface area (Å²) in [5.41, 5.74) is -1.57. The zero-order valence-electron chi connectivity index (χ0n) is 14.0. The number of nitrogens with zero attached hydrogens (tertiary/aromatic N) is 6. The Kier molecular flexibility index (Phi) is 4.41. The molecule has 0 unspecified atom stereocenters. The van der Waals surface area contributed by atoms with Gasteiger partial charge in [-0.15, -0.1) is 0 Å². The summed E-state index contributed by atoms with van der Waals surface area (Å²) in [5.74, 6) is -0.0927. The highest BCUT2D eigenvalue weighted by atomic mass is 19.3. The van der Waals surface area contributed by atoms with E-state index in [1.807, 2.05) is 0 Å². The van der Waals surface area contributed by atoms with E-state index in [0.29, 0.717) is 11.6 Å². The Labute approximate surface area is 157 Å². The summed E-state index contributed by atoms with van der Waals surface area (Å²) in [6.07, 6.45) is -6.10. The van der Waals surface area contributed by atoms with Gasteiger partial charge < -0.3 is 4.52 Å². The summed E-state index contributed by atoms with van der Waals surface area (Å²) in [7, 11) is 0. The third-order valence-electron chi connectivity index (χ3n) is 3.90. The second kappa shape index (κ2) is 6.92. The molecule has 0 spiro atoms. The zero-order valence-corrected chi connectivity index (χ0v) is 14.0. The van der Waals surface area contributed by atoms with E-state index in [9.17, 15) is 27.7 Å². The number of halogens is 4. The van der Waals surface area contributed by atoms with E-state index in [4.69, 9.17) is 4.52 Å². The molecule has 4 rings (SSSR count). The van der Waals surface area contributed by atoms with Gasteiger partial charge in [0.2, 0.25) is 5.82 Å². The van der Waals surface area contributed by atoms with Crippen molar-refractivity contribution < 1.29 is 27.0 Å². The molecule has 3 heterocycles. The Bertz CT molecular complexity index is 1210. The van der Waals surface area contributed by atoms with Crippen LogP contribution >= 0.6 is 0 Å². The number of rotatable bonds is 5. The van der Waals surface area contributed by atoms with Crippen molar-refractivity contribution in [2.24, 2.45) is 0 Å². The molecule has 0 N–H and O–H groups in total. The average molecular weight is 408 g/mol. The van der Waals surface area contributed by atoms with E-state index in [-0.39, 0.29) is 28.7 Å². The molecule has 0 amide bonds. The number of aromatic nitrogens is 5. The summed E-state index contributed by atoms with van der Waals surface area (Å²) in [5, 5.41) is 18.3. The second-order valence-corrected chi connectivity index (χ2v) is 5.73. The number of fused-ring (bicyclic) bond motifs is 1. The highest BCUT2D eigenvalue weighted by Gasteiger charge is 2.22. The first-order chi connectivity index (χ1) is 13.8. The maximum atomic E-state index is 13.2. The van der Waals surface area contributed by atoms with Crippen LogP contribution in [0.25, 0.3) is 28.6 Å². The molecule has 0 saturated carbocycles. The Balaban J connectivity index is 1.74. The van der Waals surface area contributed by atoms with Gasteiger partial charge in [-0.1, -0.05) is 5.16 Å². The lowest BCUT2D eigenvalue weighted by Crippen LogP contribution is -2.04. The number of benzene rings is 1. The van der Waals surface area contributed by atoms with Gasteiger partial charge in [-0.2, -0.15) is 10.1 Å². The van der Waals surface area contributed by atoms with Gasteiger partial charge in [0.1, 0.15) is 11.4 Å². The van der Waals surface area contributed by atoms with Crippen LogP contribution in [0.1, 0.15) is 24.2 Å². The molecule has 0 atom stereocenters. The van der Waals surface area contributed by atoms with Crippen LogP contribution in [0.4, 0.5) is 23.2 Å². The first kappa shape index (κ1) is 18.5. The Morgan fingerprint density at radius 2 is 1.76 bits per heavy atom. The zero-order chi connectivity index (χ0) is 20.7. The van der Waals surface area contributed by atoms with Crippen LogP contribution in [0.15, 0.2) is 40.9 Å². The van der Waals surface area contributed by atoms with Crippen molar-refractivity contribution in [3.05, 3.63) is 57.9 Å². The highest BCUT2D eigenvalue weighted by molar-refractivity contribution is 5.61. The van der Waals surface area contributed by atoms with Crippen molar-refractivity contribution in [3.63, 3.8) is 0 Å². The summed E-state index contributed by atoms with van der Waals surface area (Å²) < 4.78 is 58.1. The van der Waals surface area contributed by atoms with Crippen molar-refractivity contribution in [1.82, 2.24) is 24.7 Å².